The second-order valence-electron chi connectivity index (χ2n) is 4.54. The van der Waals surface area contributed by atoms with Crippen LogP contribution in [-0.2, 0) is 16.0 Å². The Morgan fingerprint density at radius 1 is 1.32 bits per heavy atom. The number of rotatable bonds is 6. The van der Waals surface area contributed by atoms with Crippen LogP contribution in [-0.4, -0.2) is 23.0 Å². The van der Waals surface area contributed by atoms with E-state index in [9.17, 15) is 14.0 Å². The Labute approximate surface area is 111 Å². The van der Waals surface area contributed by atoms with Crippen molar-refractivity contribution in [1.82, 2.24) is 5.32 Å². The zero-order valence-electron chi connectivity index (χ0n) is 11.0. The van der Waals surface area contributed by atoms with Crippen LogP contribution in [0.5, 0.6) is 0 Å². The molecule has 0 fully saturated rings. The number of carbonyl (C=O) groups excluding carboxylic acids is 1. The van der Waals surface area contributed by atoms with Crippen molar-refractivity contribution >= 4 is 11.9 Å². The van der Waals surface area contributed by atoms with E-state index >= 15 is 0 Å². The molecule has 0 aliphatic rings. The molecule has 0 radical (unpaired) electrons. The molecule has 0 spiro atoms. The highest BCUT2D eigenvalue weighted by atomic mass is 19.1. The Balaban J connectivity index is 2.71. The van der Waals surface area contributed by atoms with Crippen molar-refractivity contribution in [2.45, 2.75) is 32.7 Å². The number of halogens is 1. The van der Waals surface area contributed by atoms with Crippen LogP contribution in [0.3, 0.4) is 0 Å². The quantitative estimate of drug-likeness (QED) is 0.828. The lowest BCUT2D eigenvalue weighted by atomic mass is 10.0. The highest BCUT2D eigenvalue weighted by Crippen LogP contribution is 2.08. The van der Waals surface area contributed by atoms with Crippen LogP contribution in [0.2, 0.25) is 0 Å². The summed E-state index contributed by atoms with van der Waals surface area (Å²) >= 11 is 0. The average molecular weight is 267 g/mol. The zero-order valence-corrected chi connectivity index (χ0v) is 11.0. The number of carboxylic acid groups (broad SMARTS) is 1. The highest BCUT2D eigenvalue weighted by Gasteiger charge is 2.22. The van der Waals surface area contributed by atoms with Crippen molar-refractivity contribution in [2.75, 3.05) is 0 Å². The summed E-state index contributed by atoms with van der Waals surface area (Å²) in [6, 6.07) is 4.57. The van der Waals surface area contributed by atoms with Gasteiger partial charge in [0.1, 0.15) is 11.9 Å². The first-order chi connectivity index (χ1) is 8.93. The minimum absolute atomic E-state index is 0.137. The normalized spacial score (nSPS) is 13.6. The number of nitrogens with one attached hydrogen (secondary N) is 1. The first-order valence-corrected chi connectivity index (χ1v) is 6.21. The van der Waals surface area contributed by atoms with E-state index in [4.69, 9.17) is 5.11 Å². The predicted octanol–water partition coefficient (Wildman–Crippen LogP) is 1.98. The fraction of sp³-hybridized carbons (Fsp3) is 0.429. The number of carbonyl (C=O) groups is 2. The second kappa shape index (κ2) is 6.87. The molecule has 4 nitrogen and oxygen atoms in total. The minimum Gasteiger partial charge on any atom is -0.480 e. The minimum atomic E-state index is -1.10. The first-order valence-electron chi connectivity index (χ1n) is 6.21. The van der Waals surface area contributed by atoms with E-state index in [0.29, 0.717) is 12.0 Å². The van der Waals surface area contributed by atoms with Gasteiger partial charge in [0.25, 0.3) is 0 Å². The molecule has 1 aromatic carbocycles. The summed E-state index contributed by atoms with van der Waals surface area (Å²) in [5, 5.41) is 11.6. The van der Waals surface area contributed by atoms with Gasteiger partial charge in [0.05, 0.1) is 0 Å². The molecule has 0 saturated carbocycles. The number of hydrogen-bond donors (Lipinski definition) is 2. The molecule has 0 aromatic heterocycles. The lowest BCUT2D eigenvalue weighted by molar-refractivity contribution is -0.142. The number of aliphatic carboxylic acids is 1. The van der Waals surface area contributed by atoms with Gasteiger partial charge >= 0.3 is 5.97 Å². The van der Waals surface area contributed by atoms with Gasteiger partial charge in [-0.3, -0.25) is 4.79 Å². The predicted molar refractivity (Wildman–Crippen MR) is 69.1 cm³/mol. The molecule has 2 atom stereocenters. The summed E-state index contributed by atoms with van der Waals surface area (Å²) < 4.78 is 12.8. The maximum atomic E-state index is 12.8. The molecule has 0 bridgehead atoms. The van der Waals surface area contributed by atoms with Crippen molar-refractivity contribution in [1.29, 1.82) is 0 Å². The Morgan fingerprint density at radius 2 is 1.89 bits per heavy atom. The molecule has 0 aliphatic heterocycles. The first kappa shape index (κ1) is 15.1. The van der Waals surface area contributed by atoms with Gasteiger partial charge in [-0.2, -0.15) is 0 Å². The molecule has 0 saturated heterocycles. The van der Waals surface area contributed by atoms with Crippen LogP contribution >= 0.6 is 0 Å². The van der Waals surface area contributed by atoms with E-state index < -0.39 is 12.0 Å². The summed E-state index contributed by atoms with van der Waals surface area (Å²) in [5.41, 5.74) is 0.665. The summed E-state index contributed by atoms with van der Waals surface area (Å²) in [4.78, 5) is 22.8. The van der Waals surface area contributed by atoms with Crippen LogP contribution < -0.4 is 5.32 Å². The molecular formula is C14H18FNO3. The van der Waals surface area contributed by atoms with E-state index in [1.807, 2.05) is 6.92 Å². The van der Waals surface area contributed by atoms with Crippen molar-refractivity contribution in [3.8, 4) is 0 Å². The van der Waals surface area contributed by atoms with Gasteiger partial charge in [-0.1, -0.05) is 26.0 Å². The van der Waals surface area contributed by atoms with Crippen LogP contribution in [0.25, 0.3) is 0 Å². The summed E-state index contributed by atoms with van der Waals surface area (Å²) in [6.07, 6.45) is 0.784. The molecule has 5 heteroatoms. The van der Waals surface area contributed by atoms with E-state index in [1.165, 1.54) is 24.3 Å². The van der Waals surface area contributed by atoms with Crippen molar-refractivity contribution in [2.24, 2.45) is 5.92 Å². The summed E-state index contributed by atoms with van der Waals surface area (Å²) in [6.45, 7) is 3.60. The molecule has 0 aliphatic carbocycles. The standard InChI is InChI=1S/C14H18FNO3/c1-3-9(2)13(17)16-12(14(18)19)8-10-4-6-11(15)7-5-10/h4-7,9,12H,3,8H2,1-2H3,(H,16,17)(H,18,19)/t9-,12+/m1/s1. The highest BCUT2D eigenvalue weighted by molar-refractivity contribution is 5.84. The molecule has 1 amide bonds. The SMILES string of the molecule is CC[C@@H](C)C(=O)N[C@@H](Cc1ccc(F)cc1)C(=O)O. The van der Waals surface area contributed by atoms with Gasteiger partial charge in [0.2, 0.25) is 5.91 Å². The van der Waals surface area contributed by atoms with E-state index in [0.717, 1.165) is 0 Å². The fourth-order valence-corrected chi connectivity index (χ4v) is 1.56. The van der Waals surface area contributed by atoms with Crippen LogP contribution in [0.15, 0.2) is 24.3 Å². The van der Waals surface area contributed by atoms with Crippen molar-refractivity contribution in [3.63, 3.8) is 0 Å². The zero-order chi connectivity index (χ0) is 14.4. The number of benzene rings is 1. The molecule has 104 valence electrons. The largest absolute Gasteiger partial charge is 0.480 e. The second-order valence-corrected chi connectivity index (χ2v) is 4.54. The third kappa shape index (κ3) is 4.69. The van der Waals surface area contributed by atoms with Crippen LogP contribution in [0.4, 0.5) is 4.39 Å². The molecule has 19 heavy (non-hydrogen) atoms. The average Bonchev–Trinajstić information content (AvgIpc) is 2.39. The van der Waals surface area contributed by atoms with Crippen molar-refractivity contribution in [3.05, 3.63) is 35.6 Å². The lowest BCUT2D eigenvalue weighted by Gasteiger charge is -2.17. The Morgan fingerprint density at radius 3 is 2.37 bits per heavy atom. The van der Waals surface area contributed by atoms with E-state index in [-0.39, 0.29) is 24.1 Å². The third-order valence-electron chi connectivity index (χ3n) is 3.03. The van der Waals surface area contributed by atoms with E-state index in [1.54, 1.807) is 6.92 Å². The van der Waals surface area contributed by atoms with Crippen molar-refractivity contribution < 1.29 is 19.1 Å². The molecule has 1 rings (SSSR count). The Kier molecular flexibility index (Phi) is 5.48. The van der Waals surface area contributed by atoms with Gasteiger partial charge in [-0.15, -0.1) is 0 Å². The Bertz CT molecular complexity index is 445. The number of hydrogen-bond acceptors (Lipinski definition) is 2. The van der Waals surface area contributed by atoms with E-state index in [2.05, 4.69) is 5.32 Å². The molecule has 2 N–H and O–H groups in total. The van der Waals surface area contributed by atoms with Crippen LogP contribution in [0, 0.1) is 11.7 Å². The van der Waals surface area contributed by atoms with Gasteiger partial charge < -0.3 is 10.4 Å². The fourth-order valence-electron chi connectivity index (χ4n) is 1.56. The van der Waals surface area contributed by atoms with Gasteiger partial charge in [-0.25, -0.2) is 9.18 Å². The summed E-state index contributed by atoms with van der Waals surface area (Å²) in [7, 11) is 0. The smallest absolute Gasteiger partial charge is 0.326 e. The molecule has 0 unspecified atom stereocenters. The lowest BCUT2D eigenvalue weighted by Crippen LogP contribution is -2.44. The molecule has 0 heterocycles. The monoisotopic (exact) mass is 267 g/mol. The van der Waals surface area contributed by atoms with Gasteiger partial charge in [0, 0.05) is 12.3 Å². The van der Waals surface area contributed by atoms with Crippen LogP contribution in [0.1, 0.15) is 25.8 Å². The molecule has 1 aromatic rings. The number of carboxylic acids is 1. The molecular weight excluding hydrogens is 249 g/mol. The van der Waals surface area contributed by atoms with Gasteiger partial charge in [-0.05, 0) is 24.1 Å². The topological polar surface area (TPSA) is 66.4 Å². The number of amides is 1. The maximum Gasteiger partial charge on any atom is 0.326 e. The van der Waals surface area contributed by atoms with Gasteiger partial charge in [0.15, 0.2) is 0 Å². The Hall–Kier alpha value is -1.91. The summed E-state index contributed by atoms with van der Waals surface area (Å²) in [5.74, 6) is -1.98. The third-order valence-corrected chi connectivity index (χ3v) is 3.03. The maximum absolute atomic E-state index is 12.8.